The molecule has 102 valence electrons. The molecule has 0 atom stereocenters. The first kappa shape index (κ1) is 15.7. The van der Waals surface area contributed by atoms with Crippen LogP contribution in [0.4, 0.5) is 0 Å². The fourth-order valence-corrected chi connectivity index (χ4v) is 3.62. The maximum atomic E-state index is 12.0. The van der Waals surface area contributed by atoms with E-state index in [1.807, 2.05) is 6.92 Å². The van der Waals surface area contributed by atoms with Gasteiger partial charge in [-0.3, -0.25) is 0 Å². The Balaban J connectivity index is 2.69. The van der Waals surface area contributed by atoms with Crippen molar-refractivity contribution < 1.29 is 8.42 Å². The monoisotopic (exact) mass is 310 g/mol. The van der Waals surface area contributed by atoms with E-state index in [0.717, 1.165) is 13.1 Å². The molecule has 0 saturated carbocycles. The maximum absolute atomic E-state index is 12.0. The molecule has 0 heterocycles. The van der Waals surface area contributed by atoms with Crippen LogP contribution in [-0.4, -0.2) is 28.1 Å². The van der Waals surface area contributed by atoms with Crippen molar-refractivity contribution in [2.45, 2.75) is 18.2 Å². The lowest BCUT2D eigenvalue weighted by molar-refractivity contribution is 0.575. The highest BCUT2D eigenvalue weighted by atomic mass is 35.5. The molecule has 0 spiro atoms. The highest BCUT2D eigenvalue weighted by Crippen LogP contribution is 2.28. The normalized spacial score (nSPS) is 11.7. The lowest BCUT2D eigenvalue weighted by atomic mass is 10.4. The summed E-state index contributed by atoms with van der Waals surface area (Å²) in [4.78, 5) is -0.0585. The van der Waals surface area contributed by atoms with Gasteiger partial charge in [0, 0.05) is 6.54 Å². The molecule has 1 rings (SSSR count). The summed E-state index contributed by atoms with van der Waals surface area (Å²) < 4.78 is 26.5. The molecule has 0 fully saturated rings. The van der Waals surface area contributed by atoms with E-state index in [-0.39, 0.29) is 14.9 Å². The predicted molar refractivity (Wildman–Crippen MR) is 74.8 cm³/mol. The largest absolute Gasteiger partial charge is 0.317 e. The van der Waals surface area contributed by atoms with Gasteiger partial charge in [-0.2, -0.15) is 0 Å². The molecule has 0 amide bonds. The maximum Gasteiger partial charge on any atom is 0.243 e. The summed E-state index contributed by atoms with van der Waals surface area (Å²) in [5, 5.41) is 3.36. The van der Waals surface area contributed by atoms with Gasteiger partial charge in [0.1, 0.15) is 4.90 Å². The second-order valence-electron chi connectivity index (χ2n) is 3.66. The lowest BCUT2D eigenvalue weighted by Crippen LogP contribution is -2.28. The van der Waals surface area contributed by atoms with Crippen LogP contribution in [0.5, 0.6) is 0 Å². The SMILES string of the molecule is CCNCCCNS(=O)(=O)c1c(Cl)cccc1Cl. The second-order valence-corrected chi connectivity index (χ2v) is 6.17. The molecular weight excluding hydrogens is 295 g/mol. The van der Waals surface area contributed by atoms with Crippen LogP contribution in [0.25, 0.3) is 0 Å². The third kappa shape index (κ3) is 4.40. The third-order valence-corrected chi connectivity index (χ3v) is 4.68. The molecular formula is C11H16Cl2N2O2S. The first-order chi connectivity index (χ1) is 8.49. The van der Waals surface area contributed by atoms with E-state index in [0.29, 0.717) is 13.0 Å². The standard InChI is InChI=1S/C11H16Cl2N2O2S/c1-2-14-7-4-8-15-18(16,17)11-9(12)5-3-6-10(11)13/h3,5-6,14-15H,2,4,7-8H2,1H3. The Hall–Kier alpha value is -0.330. The van der Waals surface area contributed by atoms with Crippen molar-refractivity contribution in [1.82, 2.24) is 10.0 Å². The lowest BCUT2D eigenvalue weighted by Gasteiger charge is -2.09. The topological polar surface area (TPSA) is 58.2 Å². The molecule has 1 aromatic carbocycles. The molecule has 0 unspecified atom stereocenters. The number of hydrogen-bond acceptors (Lipinski definition) is 3. The Kier molecular flexibility index (Phi) is 6.38. The van der Waals surface area contributed by atoms with Gasteiger partial charge in [-0.1, -0.05) is 36.2 Å². The van der Waals surface area contributed by atoms with Crippen LogP contribution in [0, 0.1) is 0 Å². The molecule has 0 aliphatic rings. The van der Waals surface area contributed by atoms with Gasteiger partial charge in [0.2, 0.25) is 10.0 Å². The molecule has 0 bridgehead atoms. The summed E-state index contributed by atoms with van der Waals surface area (Å²) in [6, 6.07) is 4.61. The smallest absolute Gasteiger partial charge is 0.243 e. The average Bonchev–Trinajstić information content (AvgIpc) is 2.28. The van der Waals surface area contributed by atoms with Gasteiger partial charge >= 0.3 is 0 Å². The number of hydrogen-bond donors (Lipinski definition) is 2. The van der Waals surface area contributed by atoms with Gasteiger partial charge in [-0.25, -0.2) is 13.1 Å². The third-order valence-electron chi connectivity index (χ3n) is 2.26. The molecule has 0 radical (unpaired) electrons. The number of halogens is 2. The molecule has 18 heavy (non-hydrogen) atoms. The van der Waals surface area contributed by atoms with Crippen LogP contribution >= 0.6 is 23.2 Å². The van der Waals surface area contributed by atoms with Crippen molar-refractivity contribution in [3.63, 3.8) is 0 Å². The van der Waals surface area contributed by atoms with Crippen LogP contribution in [0.1, 0.15) is 13.3 Å². The molecule has 1 aromatic rings. The highest BCUT2D eigenvalue weighted by molar-refractivity contribution is 7.89. The van der Waals surface area contributed by atoms with E-state index in [2.05, 4.69) is 10.0 Å². The molecule has 0 aliphatic heterocycles. The molecule has 2 N–H and O–H groups in total. The first-order valence-electron chi connectivity index (χ1n) is 5.63. The van der Waals surface area contributed by atoms with Gasteiger partial charge in [0.15, 0.2) is 0 Å². The van der Waals surface area contributed by atoms with E-state index in [1.165, 1.54) is 12.1 Å². The predicted octanol–water partition coefficient (Wildman–Crippen LogP) is 2.27. The van der Waals surface area contributed by atoms with Crippen LogP contribution in [-0.2, 0) is 10.0 Å². The summed E-state index contributed by atoms with van der Waals surface area (Å²) in [5.41, 5.74) is 0. The Morgan fingerprint density at radius 1 is 1.17 bits per heavy atom. The van der Waals surface area contributed by atoms with Gasteiger partial charge < -0.3 is 5.32 Å². The Labute approximate surface area is 118 Å². The summed E-state index contributed by atoms with van der Waals surface area (Å²) >= 11 is 11.7. The Bertz CT molecular complexity index is 472. The Morgan fingerprint density at radius 2 is 1.78 bits per heavy atom. The van der Waals surface area contributed by atoms with Gasteiger partial charge in [0.05, 0.1) is 10.0 Å². The van der Waals surface area contributed by atoms with E-state index in [4.69, 9.17) is 23.2 Å². The van der Waals surface area contributed by atoms with E-state index < -0.39 is 10.0 Å². The number of nitrogens with one attached hydrogen (secondary N) is 2. The minimum absolute atomic E-state index is 0.0585. The first-order valence-corrected chi connectivity index (χ1v) is 7.87. The fraction of sp³-hybridized carbons (Fsp3) is 0.455. The molecule has 0 aromatic heterocycles. The summed E-state index contributed by atoms with van der Waals surface area (Å²) in [7, 11) is -3.65. The molecule has 0 aliphatic carbocycles. The summed E-state index contributed by atoms with van der Waals surface area (Å²) in [5.74, 6) is 0. The van der Waals surface area contributed by atoms with Crippen LogP contribution in [0.3, 0.4) is 0 Å². The molecule has 7 heteroatoms. The van der Waals surface area contributed by atoms with Crippen molar-refractivity contribution >= 4 is 33.2 Å². The minimum Gasteiger partial charge on any atom is -0.317 e. The average molecular weight is 311 g/mol. The summed E-state index contributed by atoms with van der Waals surface area (Å²) in [6.45, 7) is 3.96. The van der Waals surface area contributed by atoms with Crippen molar-refractivity contribution in [3.05, 3.63) is 28.2 Å². The van der Waals surface area contributed by atoms with E-state index in [9.17, 15) is 8.42 Å². The number of benzene rings is 1. The molecule has 4 nitrogen and oxygen atoms in total. The minimum atomic E-state index is -3.65. The number of sulfonamides is 1. The zero-order chi connectivity index (χ0) is 13.6. The quantitative estimate of drug-likeness (QED) is 0.760. The van der Waals surface area contributed by atoms with Crippen molar-refractivity contribution in [3.8, 4) is 0 Å². The second kappa shape index (κ2) is 7.31. The van der Waals surface area contributed by atoms with Crippen molar-refractivity contribution in [2.75, 3.05) is 19.6 Å². The van der Waals surface area contributed by atoms with Crippen molar-refractivity contribution in [1.29, 1.82) is 0 Å². The van der Waals surface area contributed by atoms with Gasteiger partial charge in [-0.15, -0.1) is 0 Å². The zero-order valence-corrected chi connectivity index (χ0v) is 12.4. The van der Waals surface area contributed by atoms with Crippen LogP contribution < -0.4 is 10.0 Å². The summed E-state index contributed by atoms with van der Waals surface area (Å²) in [6.07, 6.45) is 0.704. The Morgan fingerprint density at radius 3 is 2.33 bits per heavy atom. The van der Waals surface area contributed by atoms with Crippen LogP contribution in [0.2, 0.25) is 10.0 Å². The van der Waals surface area contributed by atoms with Gasteiger partial charge in [0.25, 0.3) is 0 Å². The number of rotatable bonds is 7. The molecule has 0 saturated heterocycles. The fourth-order valence-electron chi connectivity index (χ4n) is 1.41. The van der Waals surface area contributed by atoms with E-state index >= 15 is 0 Å². The van der Waals surface area contributed by atoms with E-state index in [1.54, 1.807) is 6.07 Å². The highest BCUT2D eigenvalue weighted by Gasteiger charge is 2.20. The van der Waals surface area contributed by atoms with Gasteiger partial charge in [-0.05, 0) is 31.6 Å². The van der Waals surface area contributed by atoms with Crippen LogP contribution in [0.15, 0.2) is 23.1 Å². The zero-order valence-electron chi connectivity index (χ0n) is 10.0. The van der Waals surface area contributed by atoms with Crippen molar-refractivity contribution in [2.24, 2.45) is 0 Å².